The topological polar surface area (TPSA) is 160 Å². The summed E-state index contributed by atoms with van der Waals surface area (Å²) < 4.78 is 16.2. The zero-order valence-electron chi connectivity index (χ0n) is 23.0. The first kappa shape index (κ1) is 28.2. The molecule has 4 N–H and O–H groups in total. The molecule has 0 spiro atoms. The summed E-state index contributed by atoms with van der Waals surface area (Å²) in [5, 5.41) is 27.1. The zero-order valence-corrected chi connectivity index (χ0v) is 23.0. The molecule has 2 aromatic rings. The molecule has 0 bridgehead atoms. The van der Waals surface area contributed by atoms with E-state index in [-0.39, 0.29) is 58.3 Å². The molecule has 1 heterocycles. The number of methoxy groups -OCH3 is 2. The van der Waals surface area contributed by atoms with Crippen LogP contribution in [-0.4, -0.2) is 54.2 Å². The average Bonchev–Trinajstić information content (AvgIpc) is 3.20. The number of carbonyl (C=O) groups is 4. The van der Waals surface area contributed by atoms with Crippen LogP contribution in [0.25, 0.3) is 0 Å². The maximum absolute atomic E-state index is 13.8. The van der Waals surface area contributed by atoms with Gasteiger partial charge >= 0.3 is 0 Å². The van der Waals surface area contributed by atoms with Crippen molar-refractivity contribution in [2.24, 2.45) is 0 Å². The van der Waals surface area contributed by atoms with Crippen LogP contribution in [-0.2, 0) is 19.8 Å². The normalized spacial score (nSPS) is 18.7. The third-order valence-corrected chi connectivity index (χ3v) is 7.18. The second-order valence-electron chi connectivity index (χ2n) is 9.68. The first-order chi connectivity index (χ1) is 18.9. The highest BCUT2D eigenvalue weighted by molar-refractivity contribution is 6.31. The van der Waals surface area contributed by atoms with Crippen LogP contribution < -0.4 is 24.8 Å². The molecular weight excluding hydrogens is 520 g/mol. The molecule has 0 saturated carbocycles. The van der Waals surface area contributed by atoms with Crippen molar-refractivity contribution in [2.75, 3.05) is 26.1 Å². The van der Waals surface area contributed by atoms with Crippen LogP contribution >= 0.6 is 0 Å². The third kappa shape index (κ3) is 4.42. The van der Waals surface area contributed by atoms with Crippen LogP contribution in [0.5, 0.6) is 28.7 Å². The van der Waals surface area contributed by atoms with E-state index in [1.807, 2.05) is 0 Å². The summed E-state index contributed by atoms with van der Waals surface area (Å²) in [6, 6.07) is 4.96. The molecule has 11 heteroatoms. The highest BCUT2D eigenvalue weighted by atomic mass is 16.5. The van der Waals surface area contributed by atoms with Gasteiger partial charge in [0, 0.05) is 36.4 Å². The minimum atomic E-state index is -1.61. The monoisotopic (exact) mass is 550 g/mol. The van der Waals surface area contributed by atoms with Crippen LogP contribution in [0, 0.1) is 6.92 Å². The molecule has 210 valence electrons. The van der Waals surface area contributed by atoms with Gasteiger partial charge in [0.25, 0.3) is 0 Å². The molecule has 1 unspecified atom stereocenters. The van der Waals surface area contributed by atoms with Crippen molar-refractivity contribution in [3.05, 3.63) is 58.0 Å². The van der Waals surface area contributed by atoms with Gasteiger partial charge in [-0.1, -0.05) is 0 Å². The number of nitrogens with one attached hydrogen (secondary N) is 2. The molecule has 0 radical (unpaired) electrons. The number of rotatable bonds is 8. The fraction of sp³-hybridized carbons (Fsp3) is 0.310. The summed E-state index contributed by atoms with van der Waals surface area (Å²) in [4.78, 5) is 51.7. The number of fused-ring (bicyclic) bond motifs is 3. The lowest BCUT2D eigenvalue weighted by atomic mass is 9.70. The number of phenolic OH excluding ortho intramolecular Hbond substituents is 2. The number of phenols is 2. The summed E-state index contributed by atoms with van der Waals surface area (Å²) in [6.45, 7) is 5.77. The van der Waals surface area contributed by atoms with E-state index in [1.165, 1.54) is 41.9 Å². The lowest BCUT2D eigenvalue weighted by molar-refractivity contribution is -0.123. The average molecular weight is 551 g/mol. The van der Waals surface area contributed by atoms with Crippen LogP contribution in [0.15, 0.2) is 41.3 Å². The lowest BCUT2D eigenvalue weighted by Crippen LogP contribution is -2.41. The van der Waals surface area contributed by atoms with E-state index >= 15 is 0 Å². The molecule has 0 saturated heterocycles. The number of anilines is 1. The number of ether oxygens (including phenoxy) is 3. The number of ketones is 3. The lowest BCUT2D eigenvalue weighted by Gasteiger charge is -2.29. The number of benzene rings is 2. The number of Topliss-reactive ketones (excluding diaryl/α,β-unsaturated/α-hetero) is 2. The first-order valence-corrected chi connectivity index (χ1v) is 12.4. The van der Waals surface area contributed by atoms with Gasteiger partial charge in [-0.25, -0.2) is 0 Å². The van der Waals surface area contributed by atoms with Gasteiger partial charge in [-0.15, -0.1) is 0 Å². The molecule has 40 heavy (non-hydrogen) atoms. The molecule has 0 aromatic heterocycles. The van der Waals surface area contributed by atoms with E-state index in [1.54, 1.807) is 18.2 Å². The number of carbonyl (C=O) groups excluding carboxylic acids is 4. The van der Waals surface area contributed by atoms with Crippen LogP contribution in [0.1, 0.15) is 48.7 Å². The minimum absolute atomic E-state index is 0.00766. The fourth-order valence-corrected chi connectivity index (χ4v) is 4.93. The van der Waals surface area contributed by atoms with Crippen molar-refractivity contribution in [1.82, 2.24) is 5.32 Å². The molecular formula is C29H30N2O9. The Kier molecular flexibility index (Phi) is 7.34. The van der Waals surface area contributed by atoms with Gasteiger partial charge in [-0.05, 0) is 39.8 Å². The highest BCUT2D eigenvalue weighted by Gasteiger charge is 2.56. The second kappa shape index (κ2) is 10.4. The zero-order chi connectivity index (χ0) is 29.5. The Morgan fingerprint density at radius 2 is 1.77 bits per heavy atom. The van der Waals surface area contributed by atoms with E-state index in [9.17, 15) is 29.4 Å². The number of allylic oxidation sites excluding steroid dienone is 4. The largest absolute Gasteiger partial charge is 0.507 e. The van der Waals surface area contributed by atoms with E-state index in [0.717, 1.165) is 6.08 Å². The second-order valence-corrected chi connectivity index (χ2v) is 9.68. The Morgan fingerprint density at radius 3 is 2.40 bits per heavy atom. The molecule has 4 rings (SSSR count). The Bertz CT molecular complexity index is 1540. The van der Waals surface area contributed by atoms with Gasteiger partial charge in [0.15, 0.2) is 17.3 Å². The summed E-state index contributed by atoms with van der Waals surface area (Å²) in [5.41, 5.74) is -1.25. The molecule has 2 aliphatic rings. The van der Waals surface area contributed by atoms with Crippen LogP contribution in [0.2, 0.25) is 0 Å². The van der Waals surface area contributed by atoms with Crippen molar-refractivity contribution in [3.8, 4) is 28.7 Å². The molecule has 1 aliphatic heterocycles. The summed E-state index contributed by atoms with van der Waals surface area (Å²) in [6.07, 6.45) is 1.15. The number of hydrogen-bond acceptors (Lipinski definition) is 10. The SMILES string of the molecule is COc1ccc(NC(=O)CCNC(C)=C2C(=O)C=C3Oc4c(C(C)=O)c(O)c(C)c(O)c4C3(C)C2=O)c(OC)c1. The summed E-state index contributed by atoms with van der Waals surface area (Å²) in [5.74, 6) is -2.21. The summed E-state index contributed by atoms with van der Waals surface area (Å²) >= 11 is 0. The molecule has 0 fully saturated rings. The highest BCUT2D eigenvalue weighted by Crippen LogP contribution is 2.57. The Hall–Kier alpha value is -4.80. The Labute approximate surface area is 230 Å². The Morgan fingerprint density at radius 1 is 1.07 bits per heavy atom. The quantitative estimate of drug-likeness (QED) is 0.218. The van der Waals surface area contributed by atoms with Gasteiger partial charge in [0.2, 0.25) is 5.91 Å². The van der Waals surface area contributed by atoms with E-state index in [4.69, 9.17) is 14.2 Å². The number of aromatic hydroxyl groups is 2. The maximum atomic E-state index is 13.8. The minimum Gasteiger partial charge on any atom is -0.507 e. The number of hydrogen-bond donors (Lipinski definition) is 4. The smallest absolute Gasteiger partial charge is 0.226 e. The van der Waals surface area contributed by atoms with Gasteiger partial charge in [0.05, 0.1) is 31.0 Å². The van der Waals surface area contributed by atoms with Crippen molar-refractivity contribution in [2.45, 2.75) is 39.5 Å². The van der Waals surface area contributed by atoms with Gasteiger partial charge in [0.1, 0.15) is 45.5 Å². The predicted molar refractivity (Wildman–Crippen MR) is 144 cm³/mol. The van der Waals surface area contributed by atoms with Crippen molar-refractivity contribution in [3.63, 3.8) is 0 Å². The Balaban J connectivity index is 1.57. The number of amides is 1. The van der Waals surface area contributed by atoms with E-state index < -0.39 is 34.3 Å². The predicted octanol–water partition coefficient (Wildman–Crippen LogP) is 3.20. The molecule has 1 atom stereocenters. The summed E-state index contributed by atoms with van der Waals surface area (Å²) in [7, 11) is 2.99. The van der Waals surface area contributed by atoms with E-state index in [0.29, 0.717) is 17.2 Å². The van der Waals surface area contributed by atoms with Crippen molar-refractivity contribution < 1.29 is 43.6 Å². The fourth-order valence-electron chi connectivity index (χ4n) is 4.93. The van der Waals surface area contributed by atoms with Crippen LogP contribution in [0.3, 0.4) is 0 Å². The van der Waals surface area contributed by atoms with Crippen molar-refractivity contribution >= 4 is 28.9 Å². The standard InChI is InChI=1S/C29H30N2O9/c1-13-25(35)23(15(3)32)27-24(26(13)36)29(4)20(40-27)12-18(33)22(28(29)37)14(2)30-10-9-21(34)31-17-8-7-16(38-5)11-19(17)39-6/h7-8,11-12,30,35-36H,9-10H2,1-6H3,(H,31,34). The third-order valence-electron chi connectivity index (χ3n) is 7.18. The van der Waals surface area contributed by atoms with Gasteiger partial charge in [-0.2, -0.15) is 0 Å². The van der Waals surface area contributed by atoms with Gasteiger partial charge < -0.3 is 35.1 Å². The molecule has 11 nitrogen and oxygen atoms in total. The molecule has 1 aliphatic carbocycles. The molecule has 1 amide bonds. The first-order valence-electron chi connectivity index (χ1n) is 12.4. The van der Waals surface area contributed by atoms with E-state index in [2.05, 4.69) is 10.6 Å². The van der Waals surface area contributed by atoms with Gasteiger partial charge in [-0.3, -0.25) is 19.2 Å². The van der Waals surface area contributed by atoms with Crippen LogP contribution in [0.4, 0.5) is 5.69 Å². The molecule has 2 aromatic carbocycles. The maximum Gasteiger partial charge on any atom is 0.226 e. The van der Waals surface area contributed by atoms with Crippen molar-refractivity contribution in [1.29, 1.82) is 0 Å².